The molecular formula is C22H23ClN4O3S2. The largest absolute Gasteiger partial charge is 0.379 e. The molecule has 0 unspecified atom stereocenters. The number of rotatable bonds is 7. The van der Waals surface area contributed by atoms with Crippen LogP contribution in [0.2, 0.25) is 5.02 Å². The fourth-order valence-corrected chi connectivity index (χ4v) is 5.78. The monoisotopic (exact) mass is 490 g/mol. The van der Waals surface area contributed by atoms with Gasteiger partial charge in [-0.15, -0.1) is 10.2 Å². The lowest BCUT2D eigenvalue weighted by atomic mass is 10.2. The predicted octanol–water partition coefficient (Wildman–Crippen LogP) is 4.28. The number of nitrogens with zero attached hydrogens (tertiary/aromatic N) is 4. The Labute approximate surface area is 197 Å². The van der Waals surface area contributed by atoms with Gasteiger partial charge in [0.25, 0.3) is 0 Å². The van der Waals surface area contributed by atoms with Gasteiger partial charge in [-0.25, -0.2) is 8.42 Å². The van der Waals surface area contributed by atoms with Gasteiger partial charge in [0.2, 0.25) is 10.0 Å². The smallest absolute Gasteiger partial charge is 0.243 e. The molecule has 1 saturated heterocycles. The van der Waals surface area contributed by atoms with Crippen LogP contribution in [0, 0.1) is 0 Å². The molecule has 0 spiro atoms. The summed E-state index contributed by atoms with van der Waals surface area (Å²) in [6.45, 7) is 7.36. The number of hydrogen-bond donors (Lipinski definition) is 0. The lowest BCUT2D eigenvalue weighted by Crippen LogP contribution is -2.40. The average molecular weight is 491 g/mol. The van der Waals surface area contributed by atoms with Gasteiger partial charge in [0, 0.05) is 24.4 Å². The van der Waals surface area contributed by atoms with Gasteiger partial charge in [0.1, 0.15) is 0 Å². The highest BCUT2D eigenvalue weighted by molar-refractivity contribution is 7.99. The predicted molar refractivity (Wildman–Crippen MR) is 127 cm³/mol. The van der Waals surface area contributed by atoms with Gasteiger partial charge in [-0.1, -0.05) is 59.8 Å². The number of hydrogen-bond acceptors (Lipinski definition) is 6. The Bertz CT molecular complexity index is 1240. The van der Waals surface area contributed by atoms with Gasteiger partial charge in [0.05, 0.1) is 28.8 Å². The first-order valence-electron chi connectivity index (χ1n) is 10.0. The van der Waals surface area contributed by atoms with Crippen molar-refractivity contribution in [2.24, 2.45) is 0 Å². The zero-order valence-corrected chi connectivity index (χ0v) is 20.0. The van der Waals surface area contributed by atoms with Crippen LogP contribution >= 0.6 is 23.4 Å². The number of ether oxygens (including phenoxy) is 1. The number of benzene rings is 2. The van der Waals surface area contributed by atoms with Crippen LogP contribution < -0.4 is 0 Å². The second-order valence-electron chi connectivity index (χ2n) is 7.38. The molecule has 10 heteroatoms. The van der Waals surface area contributed by atoms with E-state index in [9.17, 15) is 8.42 Å². The van der Waals surface area contributed by atoms with E-state index in [0.29, 0.717) is 53.6 Å². The van der Waals surface area contributed by atoms with Crippen LogP contribution in [0.1, 0.15) is 6.92 Å². The summed E-state index contributed by atoms with van der Waals surface area (Å²) in [5.74, 6) is 1.19. The molecule has 32 heavy (non-hydrogen) atoms. The Morgan fingerprint density at radius 3 is 2.62 bits per heavy atom. The van der Waals surface area contributed by atoms with Crippen molar-refractivity contribution < 1.29 is 13.2 Å². The number of para-hydroxylation sites is 1. The molecule has 0 saturated carbocycles. The van der Waals surface area contributed by atoms with Gasteiger partial charge < -0.3 is 4.74 Å². The number of thioether (sulfide) groups is 1. The lowest BCUT2D eigenvalue weighted by molar-refractivity contribution is 0.0730. The Morgan fingerprint density at radius 1 is 1.16 bits per heavy atom. The molecule has 0 aliphatic carbocycles. The molecule has 4 rings (SSSR count). The standard InChI is InChI=1S/C22H23ClN4O3S2/c1-16(2)15-31-22-25-24-21(27(22)20-9-4-3-8-19(20)23)17-6-5-7-18(14-17)32(28,29)26-10-12-30-13-11-26/h3-9,14H,1,10-13,15H2,2H3. The lowest BCUT2D eigenvalue weighted by Gasteiger charge is -2.26. The van der Waals surface area contributed by atoms with Crippen LogP contribution in [0.5, 0.6) is 0 Å². The molecule has 1 fully saturated rings. The van der Waals surface area contributed by atoms with E-state index in [1.54, 1.807) is 24.3 Å². The van der Waals surface area contributed by atoms with Gasteiger partial charge in [-0.05, 0) is 31.2 Å². The molecule has 0 radical (unpaired) electrons. The summed E-state index contributed by atoms with van der Waals surface area (Å²) < 4.78 is 34.9. The number of sulfonamides is 1. The fraction of sp³-hybridized carbons (Fsp3) is 0.273. The third-order valence-electron chi connectivity index (χ3n) is 4.87. The molecule has 2 heterocycles. The Morgan fingerprint density at radius 2 is 1.91 bits per heavy atom. The highest BCUT2D eigenvalue weighted by Crippen LogP contribution is 2.33. The number of morpholine rings is 1. The van der Waals surface area contributed by atoms with Crippen LogP contribution in [0.4, 0.5) is 0 Å². The van der Waals surface area contributed by atoms with E-state index < -0.39 is 10.0 Å². The van der Waals surface area contributed by atoms with E-state index in [2.05, 4.69) is 16.8 Å². The maximum absolute atomic E-state index is 13.2. The minimum absolute atomic E-state index is 0.210. The average Bonchev–Trinajstić information content (AvgIpc) is 3.22. The molecule has 0 atom stereocenters. The summed E-state index contributed by atoms with van der Waals surface area (Å²) in [6.07, 6.45) is 0. The van der Waals surface area contributed by atoms with Crippen molar-refractivity contribution in [3.8, 4) is 17.1 Å². The maximum Gasteiger partial charge on any atom is 0.243 e. The minimum Gasteiger partial charge on any atom is -0.379 e. The Hall–Kier alpha value is -2.17. The topological polar surface area (TPSA) is 77.3 Å². The van der Waals surface area contributed by atoms with Crippen molar-refractivity contribution >= 4 is 33.4 Å². The minimum atomic E-state index is -3.64. The zero-order chi connectivity index (χ0) is 22.7. The number of aromatic nitrogens is 3. The van der Waals surface area contributed by atoms with E-state index in [1.165, 1.54) is 16.1 Å². The SMILES string of the molecule is C=C(C)CSc1nnc(-c2cccc(S(=O)(=O)N3CCOCC3)c2)n1-c1ccccc1Cl. The van der Waals surface area contributed by atoms with Crippen molar-refractivity contribution in [3.05, 3.63) is 65.7 Å². The van der Waals surface area contributed by atoms with Gasteiger partial charge in [-0.2, -0.15) is 4.31 Å². The fourth-order valence-electron chi connectivity index (χ4n) is 3.32. The summed E-state index contributed by atoms with van der Waals surface area (Å²) in [5, 5.41) is 9.95. The van der Waals surface area contributed by atoms with Crippen molar-refractivity contribution in [2.45, 2.75) is 17.0 Å². The normalized spacial score (nSPS) is 15.1. The Balaban J connectivity index is 1.79. The van der Waals surface area contributed by atoms with Crippen LogP contribution in [-0.4, -0.2) is 59.5 Å². The molecule has 168 valence electrons. The van der Waals surface area contributed by atoms with Gasteiger partial charge in [0.15, 0.2) is 11.0 Å². The van der Waals surface area contributed by atoms with E-state index in [4.69, 9.17) is 16.3 Å². The second-order valence-corrected chi connectivity index (χ2v) is 10.7. The van der Waals surface area contributed by atoms with Crippen molar-refractivity contribution in [3.63, 3.8) is 0 Å². The third-order valence-corrected chi connectivity index (χ3v) is 8.25. The molecular weight excluding hydrogens is 468 g/mol. The summed E-state index contributed by atoms with van der Waals surface area (Å²) >= 11 is 8.00. The first kappa shape index (κ1) is 23.0. The van der Waals surface area contributed by atoms with E-state index in [1.807, 2.05) is 35.8 Å². The van der Waals surface area contributed by atoms with E-state index in [-0.39, 0.29) is 4.90 Å². The highest BCUT2D eigenvalue weighted by atomic mass is 35.5. The summed E-state index contributed by atoms with van der Waals surface area (Å²) in [5.41, 5.74) is 2.36. The molecule has 1 aliphatic heterocycles. The molecule has 0 N–H and O–H groups in total. The first-order chi connectivity index (χ1) is 15.4. The summed E-state index contributed by atoms with van der Waals surface area (Å²) in [4.78, 5) is 0.210. The third kappa shape index (κ3) is 4.77. The Kier molecular flexibility index (Phi) is 7.02. The van der Waals surface area contributed by atoms with Crippen LogP contribution in [-0.2, 0) is 14.8 Å². The zero-order valence-electron chi connectivity index (χ0n) is 17.6. The first-order valence-corrected chi connectivity index (χ1v) is 12.8. The van der Waals surface area contributed by atoms with E-state index >= 15 is 0 Å². The summed E-state index contributed by atoms with van der Waals surface area (Å²) in [6, 6.07) is 14.2. The molecule has 3 aromatic rings. The number of halogens is 1. The molecule has 2 aromatic carbocycles. The van der Waals surface area contributed by atoms with Gasteiger partial charge >= 0.3 is 0 Å². The molecule has 1 aliphatic rings. The van der Waals surface area contributed by atoms with Crippen LogP contribution in [0.3, 0.4) is 0 Å². The van der Waals surface area contributed by atoms with E-state index in [0.717, 1.165) is 11.3 Å². The quantitative estimate of drug-likeness (QED) is 0.363. The molecule has 1 aromatic heterocycles. The molecule has 0 amide bonds. The van der Waals surface area contributed by atoms with Crippen molar-refractivity contribution in [1.82, 2.24) is 19.1 Å². The molecule has 7 nitrogen and oxygen atoms in total. The van der Waals surface area contributed by atoms with Crippen LogP contribution in [0.25, 0.3) is 17.1 Å². The molecule has 0 bridgehead atoms. The van der Waals surface area contributed by atoms with Crippen molar-refractivity contribution in [1.29, 1.82) is 0 Å². The highest BCUT2D eigenvalue weighted by Gasteiger charge is 2.27. The second kappa shape index (κ2) is 9.76. The van der Waals surface area contributed by atoms with Gasteiger partial charge in [-0.3, -0.25) is 4.57 Å². The maximum atomic E-state index is 13.2. The van der Waals surface area contributed by atoms with Crippen LogP contribution in [0.15, 0.2) is 70.7 Å². The van der Waals surface area contributed by atoms with Crippen molar-refractivity contribution in [2.75, 3.05) is 32.1 Å². The summed E-state index contributed by atoms with van der Waals surface area (Å²) in [7, 11) is -3.64.